The van der Waals surface area contributed by atoms with Crippen LogP contribution in [0, 0.1) is 0 Å². The van der Waals surface area contributed by atoms with E-state index in [4.69, 9.17) is 27.9 Å². The first kappa shape index (κ1) is 21.2. The highest BCUT2D eigenvalue weighted by Gasteiger charge is 2.18. The largest absolute Gasteiger partial charge is 0.495 e. The number of rotatable bonds is 5. The Balaban J connectivity index is 1.78. The number of methoxy groups -OCH3 is 1. The lowest BCUT2D eigenvalue weighted by molar-refractivity contribution is -0.116. The molecule has 1 amide bonds. The molecule has 0 aliphatic heterocycles. The van der Waals surface area contributed by atoms with Crippen molar-refractivity contribution in [3.05, 3.63) is 84.8 Å². The molecule has 0 fully saturated rings. The molecule has 4 aromatic rings. The third-order valence-electron chi connectivity index (χ3n) is 4.58. The van der Waals surface area contributed by atoms with Crippen LogP contribution in [0.15, 0.2) is 63.5 Å². The van der Waals surface area contributed by atoms with Crippen molar-refractivity contribution in [3.63, 3.8) is 0 Å². The molecule has 2 aromatic heterocycles. The summed E-state index contributed by atoms with van der Waals surface area (Å²) in [6.45, 7) is -0.310. The number of nitrogens with one attached hydrogen (secondary N) is 1. The third kappa shape index (κ3) is 4.10. The molecule has 0 saturated carbocycles. The summed E-state index contributed by atoms with van der Waals surface area (Å²) in [5.41, 5.74) is 0.0383. The number of nitrogens with zero attached hydrogens (tertiary/aromatic N) is 2. The van der Waals surface area contributed by atoms with Gasteiger partial charge in [-0.1, -0.05) is 23.2 Å². The van der Waals surface area contributed by atoms with Gasteiger partial charge in [-0.3, -0.25) is 14.2 Å². The van der Waals surface area contributed by atoms with Gasteiger partial charge in [0.05, 0.1) is 24.0 Å². The van der Waals surface area contributed by atoms with Crippen molar-refractivity contribution in [2.75, 3.05) is 12.4 Å². The van der Waals surface area contributed by atoms with Crippen LogP contribution >= 0.6 is 34.5 Å². The van der Waals surface area contributed by atoms with E-state index in [2.05, 4.69) is 5.32 Å². The van der Waals surface area contributed by atoms with E-state index in [-0.39, 0.29) is 6.54 Å². The molecule has 31 heavy (non-hydrogen) atoms. The van der Waals surface area contributed by atoms with Gasteiger partial charge in [0.1, 0.15) is 17.0 Å². The SMILES string of the molecule is COc1ccc(Cl)cc1NC(=O)Cn1c(=O)n(-c2ccc(Cl)cc2)c(=O)c2sccc21. The molecule has 10 heteroatoms. The van der Waals surface area contributed by atoms with Crippen LogP contribution in [0.4, 0.5) is 5.69 Å². The van der Waals surface area contributed by atoms with E-state index in [0.717, 1.165) is 4.57 Å². The van der Waals surface area contributed by atoms with Crippen molar-refractivity contribution in [2.24, 2.45) is 0 Å². The van der Waals surface area contributed by atoms with E-state index in [1.54, 1.807) is 53.9 Å². The molecule has 2 aromatic carbocycles. The first-order valence-corrected chi connectivity index (χ1v) is 10.6. The topological polar surface area (TPSA) is 82.3 Å². The van der Waals surface area contributed by atoms with E-state index < -0.39 is 17.2 Å². The van der Waals surface area contributed by atoms with E-state index in [1.165, 1.54) is 23.0 Å². The number of anilines is 1. The van der Waals surface area contributed by atoms with Crippen molar-refractivity contribution >= 4 is 56.3 Å². The maximum absolute atomic E-state index is 13.2. The Morgan fingerprint density at radius 3 is 2.48 bits per heavy atom. The van der Waals surface area contributed by atoms with Crippen molar-refractivity contribution in [1.29, 1.82) is 0 Å². The molecule has 2 heterocycles. The average Bonchev–Trinajstić information content (AvgIpc) is 3.23. The highest BCUT2D eigenvalue weighted by molar-refractivity contribution is 7.17. The molecule has 0 atom stereocenters. The van der Waals surface area contributed by atoms with Gasteiger partial charge >= 0.3 is 5.69 Å². The van der Waals surface area contributed by atoms with Crippen molar-refractivity contribution in [1.82, 2.24) is 9.13 Å². The number of carbonyl (C=O) groups is 1. The maximum atomic E-state index is 13.2. The molecule has 1 N–H and O–H groups in total. The molecule has 4 rings (SSSR count). The maximum Gasteiger partial charge on any atom is 0.336 e. The van der Waals surface area contributed by atoms with Gasteiger partial charge in [0, 0.05) is 10.0 Å². The molecule has 0 saturated heterocycles. The molecule has 0 aliphatic carbocycles. The zero-order chi connectivity index (χ0) is 22.1. The fourth-order valence-electron chi connectivity index (χ4n) is 3.17. The minimum Gasteiger partial charge on any atom is -0.495 e. The Kier molecular flexibility index (Phi) is 5.86. The number of carbonyl (C=O) groups excluding carboxylic acids is 1. The fourth-order valence-corrected chi connectivity index (χ4v) is 4.29. The molecule has 0 radical (unpaired) electrons. The Bertz CT molecular complexity index is 1410. The van der Waals surface area contributed by atoms with Gasteiger partial charge in [-0.15, -0.1) is 11.3 Å². The van der Waals surface area contributed by atoms with Crippen LogP contribution in [0.5, 0.6) is 5.75 Å². The number of halogens is 2. The number of ether oxygens (including phenoxy) is 1. The summed E-state index contributed by atoms with van der Waals surface area (Å²) < 4.78 is 7.89. The number of hydrogen-bond donors (Lipinski definition) is 1. The van der Waals surface area contributed by atoms with Gasteiger partial charge in [0.15, 0.2) is 0 Å². The van der Waals surface area contributed by atoms with Crippen LogP contribution in [0.2, 0.25) is 10.0 Å². The molecule has 0 spiro atoms. The van der Waals surface area contributed by atoms with E-state index >= 15 is 0 Å². The highest BCUT2D eigenvalue weighted by atomic mass is 35.5. The summed E-state index contributed by atoms with van der Waals surface area (Å²) in [6.07, 6.45) is 0. The summed E-state index contributed by atoms with van der Waals surface area (Å²) >= 11 is 13.1. The smallest absolute Gasteiger partial charge is 0.336 e. The normalized spacial score (nSPS) is 10.9. The summed E-state index contributed by atoms with van der Waals surface area (Å²) in [6, 6.07) is 12.8. The number of benzene rings is 2. The van der Waals surface area contributed by atoms with E-state index in [1.807, 2.05) is 0 Å². The molecular formula is C21H15Cl2N3O4S. The molecule has 7 nitrogen and oxygen atoms in total. The standard InChI is InChI=1S/C21H15Cl2N3O4S/c1-30-17-7-4-13(23)10-15(17)24-18(27)11-25-16-8-9-31-19(16)20(28)26(21(25)29)14-5-2-12(22)3-6-14/h2-10H,11H2,1H3,(H,24,27). The predicted octanol–water partition coefficient (Wildman–Crippen LogP) is 4.17. The van der Waals surface area contributed by atoms with Crippen molar-refractivity contribution in [3.8, 4) is 11.4 Å². The lowest BCUT2D eigenvalue weighted by atomic mass is 10.3. The molecule has 0 unspecified atom stereocenters. The van der Waals surface area contributed by atoms with Crippen LogP contribution in [-0.4, -0.2) is 22.2 Å². The van der Waals surface area contributed by atoms with Crippen LogP contribution in [0.25, 0.3) is 15.9 Å². The first-order chi connectivity index (χ1) is 14.9. The lowest BCUT2D eigenvalue weighted by Gasteiger charge is -2.14. The Hall–Kier alpha value is -3.07. The Morgan fingerprint density at radius 1 is 1.06 bits per heavy atom. The lowest BCUT2D eigenvalue weighted by Crippen LogP contribution is -2.40. The van der Waals surface area contributed by atoms with Crippen LogP contribution in [-0.2, 0) is 11.3 Å². The Morgan fingerprint density at radius 2 is 1.77 bits per heavy atom. The number of aromatic nitrogens is 2. The van der Waals surface area contributed by atoms with Gasteiger partial charge in [0.25, 0.3) is 5.56 Å². The van der Waals surface area contributed by atoms with E-state index in [0.29, 0.717) is 37.4 Å². The zero-order valence-electron chi connectivity index (χ0n) is 16.1. The molecular weight excluding hydrogens is 461 g/mol. The van der Waals surface area contributed by atoms with Gasteiger partial charge in [-0.25, -0.2) is 9.36 Å². The number of hydrogen-bond acceptors (Lipinski definition) is 5. The van der Waals surface area contributed by atoms with Gasteiger partial charge < -0.3 is 10.1 Å². The van der Waals surface area contributed by atoms with Crippen LogP contribution < -0.4 is 21.3 Å². The number of amides is 1. The van der Waals surface area contributed by atoms with Gasteiger partial charge in [-0.2, -0.15) is 0 Å². The predicted molar refractivity (Wildman–Crippen MR) is 123 cm³/mol. The number of fused-ring (bicyclic) bond motifs is 1. The highest BCUT2D eigenvalue weighted by Crippen LogP contribution is 2.27. The van der Waals surface area contributed by atoms with Crippen LogP contribution in [0.3, 0.4) is 0 Å². The fraction of sp³-hybridized carbons (Fsp3) is 0.0952. The minimum absolute atomic E-state index is 0.310. The second-order valence-corrected chi connectivity index (χ2v) is 8.30. The second kappa shape index (κ2) is 8.58. The molecule has 0 bridgehead atoms. The summed E-state index contributed by atoms with van der Waals surface area (Å²) in [7, 11) is 1.47. The summed E-state index contributed by atoms with van der Waals surface area (Å²) in [5, 5.41) is 5.30. The van der Waals surface area contributed by atoms with Crippen molar-refractivity contribution in [2.45, 2.75) is 6.54 Å². The second-order valence-electron chi connectivity index (χ2n) is 6.51. The molecule has 158 valence electrons. The third-order valence-corrected chi connectivity index (χ3v) is 5.96. The quantitative estimate of drug-likeness (QED) is 0.469. The zero-order valence-corrected chi connectivity index (χ0v) is 18.4. The summed E-state index contributed by atoms with van der Waals surface area (Å²) in [5.74, 6) is -0.0478. The first-order valence-electron chi connectivity index (χ1n) is 9.01. The van der Waals surface area contributed by atoms with E-state index in [9.17, 15) is 14.4 Å². The van der Waals surface area contributed by atoms with Gasteiger partial charge in [-0.05, 0) is 53.9 Å². The average molecular weight is 476 g/mol. The van der Waals surface area contributed by atoms with Crippen LogP contribution in [0.1, 0.15) is 0 Å². The van der Waals surface area contributed by atoms with Gasteiger partial charge in [0.2, 0.25) is 5.91 Å². The Labute approximate surface area is 190 Å². The minimum atomic E-state index is -0.633. The monoisotopic (exact) mass is 475 g/mol. The summed E-state index contributed by atoms with van der Waals surface area (Å²) in [4.78, 5) is 39.0. The number of thiophene rings is 1. The van der Waals surface area contributed by atoms with Crippen molar-refractivity contribution < 1.29 is 9.53 Å². The molecule has 0 aliphatic rings.